The number of nitrogens with one attached hydrogen (secondary N) is 1. The minimum atomic E-state index is -3.65. The van der Waals surface area contributed by atoms with E-state index in [2.05, 4.69) is 41.6 Å². The molecule has 9 heteroatoms. The van der Waals surface area contributed by atoms with Crippen molar-refractivity contribution in [3.63, 3.8) is 0 Å². The zero-order chi connectivity index (χ0) is 14.2. The number of thiophene rings is 1. The molecule has 0 radical (unpaired) electrons. The second-order valence-corrected chi connectivity index (χ2v) is 9.38. The molecule has 19 heavy (non-hydrogen) atoms. The van der Waals surface area contributed by atoms with Crippen molar-refractivity contribution in [3.05, 3.63) is 36.6 Å². The van der Waals surface area contributed by atoms with Crippen molar-refractivity contribution >= 4 is 70.5 Å². The van der Waals surface area contributed by atoms with Crippen LogP contribution < -0.4 is 4.72 Å². The molecular formula is C10H7Br2ClN2O2S2. The van der Waals surface area contributed by atoms with Crippen LogP contribution in [0.25, 0.3) is 0 Å². The fourth-order valence-electron chi connectivity index (χ4n) is 1.33. The van der Waals surface area contributed by atoms with Crippen LogP contribution >= 0.6 is 54.8 Å². The summed E-state index contributed by atoms with van der Waals surface area (Å²) in [4.78, 5) is 4.08. The molecule has 0 aromatic carbocycles. The fraction of sp³-hybridized carbons (Fsp3) is 0.100. The van der Waals surface area contributed by atoms with Gasteiger partial charge in [0.2, 0.25) is 0 Å². The summed E-state index contributed by atoms with van der Waals surface area (Å²) >= 11 is 13.6. The Bertz CT molecular complexity index is 731. The van der Waals surface area contributed by atoms with Gasteiger partial charge >= 0.3 is 0 Å². The summed E-state index contributed by atoms with van der Waals surface area (Å²) in [6, 6.07) is 3.16. The van der Waals surface area contributed by atoms with Gasteiger partial charge in [-0.15, -0.1) is 11.3 Å². The van der Waals surface area contributed by atoms with Gasteiger partial charge in [0.25, 0.3) is 10.0 Å². The maximum Gasteiger partial charge on any atom is 0.263 e. The molecule has 102 valence electrons. The lowest BCUT2D eigenvalue weighted by Crippen LogP contribution is -2.13. The SMILES string of the molecule is Cc1cc(NS(=O)(=O)c2cc(Br)sc2Br)cnc1Cl. The standard InChI is InChI=1S/C10H7Br2ClN2O2S2/c1-5-2-6(4-14-10(5)13)15-19(16,17)7-3-8(11)18-9(7)12/h2-4,15H,1H3. The van der Waals surface area contributed by atoms with E-state index in [0.29, 0.717) is 20.2 Å². The molecule has 0 fully saturated rings. The van der Waals surface area contributed by atoms with Gasteiger partial charge in [0.1, 0.15) is 10.0 Å². The number of nitrogens with zero attached hydrogens (tertiary/aromatic N) is 1. The van der Waals surface area contributed by atoms with Gasteiger partial charge < -0.3 is 0 Å². The third kappa shape index (κ3) is 3.49. The fourth-order valence-corrected chi connectivity index (χ4v) is 6.28. The van der Waals surface area contributed by atoms with Crippen molar-refractivity contribution in [1.29, 1.82) is 0 Å². The quantitative estimate of drug-likeness (QED) is 0.710. The van der Waals surface area contributed by atoms with Gasteiger partial charge in [-0.3, -0.25) is 4.72 Å². The molecule has 0 saturated carbocycles. The molecule has 0 aliphatic heterocycles. The van der Waals surface area contributed by atoms with Crippen LogP contribution in [0, 0.1) is 6.92 Å². The van der Waals surface area contributed by atoms with Crippen LogP contribution in [0.3, 0.4) is 0 Å². The van der Waals surface area contributed by atoms with Crippen molar-refractivity contribution in [2.45, 2.75) is 11.8 Å². The second-order valence-electron chi connectivity index (χ2n) is 3.63. The molecule has 0 unspecified atom stereocenters. The highest BCUT2D eigenvalue weighted by molar-refractivity contribution is 9.12. The van der Waals surface area contributed by atoms with E-state index in [1.54, 1.807) is 13.0 Å². The Morgan fingerprint density at radius 2 is 2.05 bits per heavy atom. The number of aryl methyl sites for hydroxylation is 1. The van der Waals surface area contributed by atoms with Crippen molar-refractivity contribution in [2.24, 2.45) is 0 Å². The van der Waals surface area contributed by atoms with Crippen molar-refractivity contribution in [1.82, 2.24) is 4.98 Å². The lowest BCUT2D eigenvalue weighted by molar-refractivity contribution is 0.601. The topological polar surface area (TPSA) is 59.1 Å². The van der Waals surface area contributed by atoms with Gasteiger partial charge in [0.05, 0.1) is 19.5 Å². The van der Waals surface area contributed by atoms with Gasteiger partial charge in [-0.05, 0) is 56.5 Å². The highest BCUT2D eigenvalue weighted by Gasteiger charge is 2.20. The summed E-state index contributed by atoms with van der Waals surface area (Å²) < 4.78 is 28.2. The summed E-state index contributed by atoms with van der Waals surface area (Å²) in [5, 5.41) is 0.349. The van der Waals surface area contributed by atoms with E-state index in [1.165, 1.54) is 23.6 Å². The monoisotopic (exact) mass is 444 g/mol. The molecule has 0 amide bonds. The van der Waals surface area contributed by atoms with Crippen molar-refractivity contribution in [2.75, 3.05) is 4.72 Å². The van der Waals surface area contributed by atoms with Crippen molar-refractivity contribution in [3.8, 4) is 0 Å². The van der Waals surface area contributed by atoms with Gasteiger partial charge in [-0.2, -0.15) is 0 Å². The summed E-state index contributed by atoms with van der Waals surface area (Å²) in [6.07, 6.45) is 1.38. The first-order valence-corrected chi connectivity index (χ1v) is 9.16. The summed E-state index contributed by atoms with van der Waals surface area (Å²) in [5.41, 5.74) is 1.07. The molecule has 0 aliphatic carbocycles. The number of sulfonamides is 1. The summed E-state index contributed by atoms with van der Waals surface area (Å²) in [5.74, 6) is 0. The highest BCUT2D eigenvalue weighted by Crippen LogP contribution is 2.35. The lowest BCUT2D eigenvalue weighted by Gasteiger charge is -2.08. The van der Waals surface area contributed by atoms with Crippen LogP contribution in [-0.2, 0) is 10.0 Å². The molecule has 0 atom stereocenters. The van der Waals surface area contributed by atoms with E-state index in [0.717, 1.165) is 3.79 Å². The number of rotatable bonds is 3. The van der Waals surface area contributed by atoms with Crippen LogP contribution in [0.4, 0.5) is 5.69 Å². The van der Waals surface area contributed by atoms with E-state index in [4.69, 9.17) is 11.6 Å². The van der Waals surface area contributed by atoms with Gasteiger partial charge in [-0.25, -0.2) is 13.4 Å². The first kappa shape index (κ1) is 15.2. The maximum absolute atomic E-state index is 12.2. The first-order valence-electron chi connectivity index (χ1n) is 4.89. The Balaban J connectivity index is 2.36. The zero-order valence-corrected chi connectivity index (χ0v) is 15.0. The van der Waals surface area contributed by atoms with Crippen LogP contribution in [0.15, 0.2) is 30.8 Å². The number of pyridine rings is 1. The maximum atomic E-state index is 12.2. The van der Waals surface area contributed by atoms with Gasteiger partial charge in [0, 0.05) is 0 Å². The van der Waals surface area contributed by atoms with Gasteiger partial charge in [0.15, 0.2) is 0 Å². The van der Waals surface area contributed by atoms with E-state index < -0.39 is 10.0 Å². The molecule has 4 nitrogen and oxygen atoms in total. The number of anilines is 1. The molecule has 0 bridgehead atoms. The zero-order valence-electron chi connectivity index (χ0n) is 9.45. The average molecular weight is 447 g/mol. The van der Waals surface area contributed by atoms with Crippen molar-refractivity contribution < 1.29 is 8.42 Å². The molecule has 0 aliphatic rings. The normalized spacial score (nSPS) is 11.6. The Labute approximate surface area is 136 Å². The third-order valence-corrected chi connectivity index (χ3v) is 6.71. The molecule has 2 aromatic heterocycles. The van der Waals surface area contributed by atoms with Crippen LogP contribution in [0.2, 0.25) is 5.15 Å². The largest absolute Gasteiger partial charge is 0.278 e. The lowest BCUT2D eigenvalue weighted by atomic mass is 10.3. The number of hydrogen-bond acceptors (Lipinski definition) is 4. The third-order valence-electron chi connectivity index (χ3n) is 2.18. The van der Waals surface area contributed by atoms with E-state index in [9.17, 15) is 8.42 Å². The minimum Gasteiger partial charge on any atom is -0.278 e. The molecule has 2 aromatic rings. The first-order chi connectivity index (χ1) is 8.79. The van der Waals surface area contributed by atoms with E-state index in [1.807, 2.05) is 0 Å². The molecule has 2 rings (SSSR count). The van der Waals surface area contributed by atoms with Crippen LogP contribution in [0.1, 0.15) is 5.56 Å². The molecule has 0 spiro atoms. The predicted octanol–water partition coefficient (Wildman–Crippen LogP) is 4.43. The van der Waals surface area contributed by atoms with Gasteiger partial charge in [-0.1, -0.05) is 11.6 Å². The Kier molecular flexibility index (Phi) is 4.56. The smallest absolute Gasteiger partial charge is 0.263 e. The summed E-state index contributed by atoms with van der Waals surface area (Å²) in [7, 11) is -3.65. The highest BCUT2D eigenvalue weighted by atomic mass is 79.9. The Morgan fingerprint density at radius 3 is 2.58 bits per heavy atom. The minimum absolute atomic E-state index is 0.178. The predicted molar refractivity (Wildman–Crippen MR) is 84.5 cm³/mol. The van der Waals surface area contributed by atoms with Crippen LogP contribution in [-0.4, -0.2) is 13.4 Å². The molecular weight excluding hydrogens is 440 g/mol. The second kappa shape index (κ2) is 5.69. The Morgan fingerprint density at radius 1 is 1.37 bits per heavy atom. The Hall–Kier alpha value is -0.150. The molecule has 1 N–H and O–H groups in total. The van der Waals surface area contributed by atoms with E-state index in [-0.39, 0.29) is 4.90 Å². The van der Waals surface area contributed by atoms with E-state index >= 15 is 0 Å². The number of hydrogen-bond donors (Lipinski definition) is 1. The average Bonchev–Trinajstić information content (AvgIpc) is 2.63. The number of aromatic nitrogens is 1. The number of halogens is 3. The molecule has 2 heterocycles. The van der Waals surface area contributed by atoms with Crippen LogP contribution in [0.5, 0.6) is 0 Å². The molecule has 0 saturated heterocycles. The summed E-state index contributed by atoms with van der Waals surface area (Å²) in [6.45, 7) is 1.75.